The maximum absolute atomic E-state index is 11.4. The molecule has 0 bridgehead atoms. The fourth-order valence-electron chi connectivity index (χ4n) is 1.13. The average molecular weight is 201 g/mol. The van der Waals surface area contributed by atoms with Crippen LogP contribution in [0.15, 0.2) is 0 Å². The average Bonchev–Trinajstić information content (AvgIpc) is 2.15. The van der Waals surface area contributed by atoms with Crippen molar-refractivity contribution in [3.05, 3.63) is 6.42 Å². The molecule has 0 aromatic carbocycles. The van der Waals surface area contributed by atoms with Crippen molar-refractivity contribution in [1.29, 1.82) is 0 Å². The van der Waals surface area contributed by atoms with Crippen molar-refractivity contribution in [3.8, 4) is 0 Å². The third-order valence-electron chi connectivity index (χ3n) is 1.84. The third-order valence-corrected chi connectivity index (χ3v) is 2.78. The van der Waals surface area contributed by atoms with Gasteiger partial charge in [-0.2, -0.15) is 11.8 Å². The van der Waals surface area contributed by atoms with Gasteiger partial charge in [0.2, 0.25) is 11.8 Å². The predicted octanol–water partition coefficient (Wildman–Crippen LogP) is -0.359. The minimum Gasteiger partial charge on any atom is -0.369 e. The van der Waals surface area contributed by atoms with Gasteiger partial charge in [-0.3, -0.25) is 9.59 Å². The summed E-state index contributed by atoms with van der Waals surface area (Å²) in [5, 5.41) is 0. The first-order valence-electron chi connectivity index (χ1n) is 4.18. The van der Waals surface area contributed by atoms with Crippen LogP contribution in [0.3, 0.4) is 0 Å². The van der Waals surface area contributed by atoms with Crippen molar-refractivity contribution in [2.75, 3.05) is 24.6 Å². The summed E-state index contributed by atoms with van der Waals surface area (Å²) in [5.74, 6) is 1.45. The predicted molar refractivity (Wildman–Crippen MR) is 52.0 cm³/mol. The Morgan fingerprint density at radius 1 is 1.38 bits per heavy atom. The van der Waals surface area contributed by atoms with Gasteiger partial charge in [0, 0.05) is 31.0 Å². The molecule has 0 aliphatic carbocycles. The van der Waals surface area contributed by atoms with Gasteiger partial charge in [0.15, 0.2) is 0 Å². The number of hydrogen-bond donors (Lipinski definition) is 1. The Hall–Kier alpha value is -0.710. The minimum atomic E-state index is -0.528. The molecule has 1 aliphatic rings. The van der Waals surface area contributed by atoms with Crippen LogP contribution in [-0.2, 0) is 9.59 Å². The Kier molecular flexibility index (Phi) is 4.08. The van der Waals surface area contributed by atoms with E-state index in [1.54, 1.807) is 4.90 Å². The molecule has 0 aromatic rings. The highest BCUT2D eigenvalue weighted by Gasteiger charge is 2.16. The summed E-state index contributed by atoms with van der Waals surface area (Å²) in [4.78, 5) is 23.5. The number of nitrogens with two attached hydrogens (primary N) is 1. The van der Waals surface area contributed by atoms with Gasteiger partial charge in [-0.25, -0.2) is 0 Å². The van der Waals surface area contributed by atoms with E-state index in [4.69, 9.17) is 5.73 Å². The van der Waals surface area contributed by atoms with Gasteiger partial charge < -0.3 is 10.6 Å². The minimum absolute atomic E-state index is 0.000833. The molecule has 2 N–H and O–H groups in total. The number of rotatable bonds is 3. The van der Waals surface area contributed by atoms with Gasteiger partial charge in [-0.1, -0.05) is 0 Å². The van der Waals surface area contributed by atoms with Crippen molar-refractivity contribution >= 4 is 23.6 Å². The van der Waals surface area contributed by atoms with Crippen molar-refractivity contribution in [2.24, 2.45) is 5.73 Å². The molecular formula is C8H13N2O2S. The van der Waals surface area contributed by atoms with Crippen LogP contribution in [0.1, 0.15) is 6.42 Å². The molecule has 4 nitrogen and oxygen atoms in total. The normalized spacial score (nSPS) is 17.1. The quantitative estimate of drug-likeness (QED) is 0.678. The van der Waals surface area contributed by atoms with E-state index in [1.807, 2.05) is 11.8 Å². The molecule has 1 rings (SSSR count). The van der Waals surface area contributed by atoms with E-state index in [9.17, 15) is 9.59 Å². The molecule has 1 aliphatic heterocycles. The Bertz CT molecular complexity index is 202. The van der Waals surface area contributed by atoms with E-state index in [-0.39, 0.29) is 12.3 Å². The number of primary amides is 1. The van der Waals surface area contributed by atoms with Crippen LogP contribution in [0.2, 0.25) is 0 Å². The van der Waals surface area contributed by atoms with Gasteiger partial charge in [0.25, 0.3) is 0 Å². The zero-order chi connectivity index (χ0) is 9.68. The van der Waals surface area contributed by atoms with E-state index >= 15 is 0 Å². The summed E-state index contributed by atoms with van der Waals surface area (Å²) in [6.07, 6.45) is 1.37. The number of hydrogen-bond acceptors (Lipinski definition) is 3. The van der Waals surface area contributed by atoms with E-state index in [0.29, 0.717) is 0 Å². The smallest absolute Gasteiger partial charge is 0.223 e. The van der Waals surface area contributed by atoms with E-state index in [0.717, 1.165) is 24.6 Å². The summed E-state index contributed by atoms with van der Waals surface area (Å²) in [5.41, 5.74) is 4.90. The van der Waals surface area contributed by atoms with Crippen LogP contribution in [0.4, 0.5) is 0 Å². The Balaban J connectivity index is 2.25. The van der Waals surface area contributed by atoms with Gasteiger partial charge >= 0.3 is 0 Å². The number of nitrogens with zero attached hydrogens (tertiary/aromatic N) is 1. The lowest BCUT2D eigenvalue weighted by Crippen LogP contribution is -2.38. The fraction of sp³-hybridized carbons (Fsp3) is 0.625. The lowest BCUT2D eigenvalue weighted by atomic mass is 10.2. The molecular weight excluding hydrogens is 188 g/mol. The molecule has 2 amide bonds. The van der Waals surface area contributed by atoms with Crippen LogP contribution < -0.4 is 5.73 Å². The Morgan fingerprint density at radius 2 is 2.00 bits per heavy atom. The Labute approximate surface area is 81.8 Å². The van der Waals surface area contributed by atoms with Gasteiger partial charge in [0.05, 0.1) is 6.42 Å². The third kappa shape index (κ3) is 3.67. The molecule has 13 heavy (non-hydrogen) atoms. The van der Waals surface area contributed by atoms with Crippen LogP contribution in [0.5, 0.6) is 0 Å². The fourth-order valence-corrected chi connectivity index (χ4v) is 2.03. The number of carbonyl (C=O) groups is 2. The zero-order valence-electron chi connectivity index (χ0n) is 7.36. The van der Waals surface area contributed by atoms with E-state index in [2.05, 4.69) is 0 Å². The van der Waals surface area contributed by atoms with Crippen molar-refractivity contribution in [3.63, 3.8) is 0 Å². The van der Waals surface area contributed by atoms with Crippen LogP contribution >= 0.6 is 11.8 Å². The summed E-state index contributed by atoms with van der Waals surface area (Å²) < 4.78 is 0. The molecule has 0 unspecified atom stereocenters. The molecule has 73 valence electrons. The first-order chi connectivity index (χ1) is 6.20. The molecule has 0 atom stereocenters. The van der Waals surface area contributed by atoms with E-state index < -0.39 is 5.91 Å². The standard InChI is InChI=1S/C8H13N2O2S/c9-7(11)1-2-8(12)10-3-5-13-6-4-10/h1H,2-6H2,(H2,9,11). The number of carbonyl (C=O) groups excluding carboxylic acids is 2. The zero-order valence-corrected chi connectivity index (χ0v) is 8.18. The molecule has 0 spiro atoms. The van der Waals surface area contributed by atoms with Crippen molar-refractivity contribution < 1.29 is 9.59 Å². The second-order valence-electron chi connectivity index (χ2n) is 2.80. The first-order valence-corrected chi connectivity index (χ1v) is 5.34. The molecule has 1 heterocycles. The maximum Gasteiger partial charge on any atom is 0.223 e. The maximum atomic E-state index is 11.4. The largest absolute Gasteiger partial charge is 0.369 e. The van der Waals surface area contributed by atoms with Crippen LogP contribution in [-0.4, -0.2) is 41.3 Å². The highest BCUT2D eigenvalue weighted by molar-refractivity contribution is 7.99. The molecule has 0 saturated carbocycles. The SMILES string of the molecule is NC(=O)[CH]CC(=O)N1CCSCC1. The highest BCUT2D eigenvalue weighted by atomic mass is 32.2. The summed E-state index contributed by atoms with van der Waals surface area (Å²) in [6, 6.07) is 0. The highest BCUT2D eigenvalue weighted by Crippen LogP contribution is 2.10. The molecule has 1 radical (unpaired) electrons. The molecule has 1 saturated heterocycles. The second-order valence-corrected chi connectivity index (χ2v) is 4.03. The summed E-state index contributed by atoms with van der Waals surface area (Å²) in [6.45, 7) is 1.58. The topological polar surface area (TPSA) is 63.4 Å². The summed E-state index contributed by atoms with van der Waals surface area (Å²) in [7, 11) is 0. The van der Waals surface area contributed by atoms with Crippen LogP contribution in [0.25, 0.3) is 0 Å². The van der Waals surface area contributed by atoms with Gasteiger partial charge in [0.1, 0.15) is 0 Å². The van der Waals surface area contributed by atoms with Gasteiger partial charge in [-0.05, 0) is 0 Å². The Morgan fingerprint density at radius 3 is 2.54 bits per heavy atom. The second kappa shape index (κ2) is 5.11. The van der Waals surface area contributed by atoms with Crippen molar-refractivity contribution in [2.45, 2.75) is 6.42 Å². The molecule has 5 heteroatoms. The monoisotopic (exact) mass is 201 g/mol. The van der Waals surface area contributed by atoms with Gasteiger partial charge in [-0.15, -0.1) is 0 Å². The van der Waals surface area contributed by atoms with Crippen molar-refractivity contribution in [1.82, 2.24) is 4.90 Å². The number of thioether (sulfide) groups is 1. The first kappa shape index (κ1) is 10.4. The number of amides is 2. The van der Waals surface area contributed by atoms with Crippen LogP contribution in [0, 0.1) is 6.42 Å². The molecule has 1 fully saturated rings. The molecule has 0 aromatic heterocycles. The summed E-state index contributed by atoms with van der Waals surface area (Å²) >= 11 is 1.84. The lowest BCUT2D eigenvalue weighted by Gasteiger charge is -2.26. The lowest BCUT2D eigenvalue weighted by molar-refractivity contribution is -0.131. The van der Waals surface area contributed by atoms with E-state index in [1.165, 1.54) is 6.42 Å².